The summed E-state index contributed by atoms with van der Waals surface area (Å²) in [5.41, 5.74) is 0. The summed E-state index contributed by atoms with van der Waals surface area (Å²) in [6, 6.07) is 0.721. The summed E-state index contributed by atoms with van der Waals surface area (Å²) >= 11 is 3.90. The van der Waals surface area contributed by atoms with E-state index in [1.807, 2.05) is 0 Å². The second-order valence-corrected chi connectivity index (χ2v) is 8.27. The summed E-state index contributed by atoms with van der Waals surface area (Å²) in [6.45, 7) is 0.228. The van der Waals surface area contributed by atoms with Crippen molar-refractivity contribution in [1.82, 2.24) is 10.0 Å². The van der Waals surface area contributed by atoms with Crippen LogP contribution in [0.3, 0.4) is 0 Å². The van der Waals surface area contributed by atoms with Crippen LogP contribution in [-0.4, -0.2) is 38.0 Å². The molecule has 7 nitrogen and oxygen atoms in total. The Hall–Kier alpha value is -0.970. The minimum absolute atomic E-state index is 0.0609. The highest BCUT2D eigenvalue weighted by atomic mass is 79.9. The molecule has 2 heterocycles. The van der Waals surface area contributed by atoms with E-state index in [-0.39, 0.29) is 32.4 Å². The highest BCUT2D eigenvalue weighted by Crippen LogP contribution is 2.31. The van der Waals surface area contributed by atoms with Crippen molar-refractivity contribution in [2.75, 3.05) is 6.54 Å². The molecule has 0 bridgehead atoms. The smallest absolute Gasteiger partial charge is 0.345 e. The Bertz CT molecular complexity index is 645. The van der Waals surface area contributed by atoms with Gasteiger partial charge in [0.25, 0.3) is 0 Å². The Morgan fingerprint density at radius 2 is 2.25 bits per heavy atom. The summed E-state index contributed by atoms with van der Waals surface area (Å²) in [5.74, 6) is -1.28. The molecule has 0 aliphatic carbocycles. The number of nitrogens with one attached hydrogen (secondary N) is 2. The molecule has 3 N–H and O–H groups in total. The number of carboxylic acids is 1. The van der Waals surface area contributed by atoms with Gasteiger partial charge in [0, 0.05) is 19.0 Å². The summed E-state index contributed by atoms with van der Waals surface area (Å²) < 4.78 is 27.1. The Balaban J connectivity index is 2.18. The van der Waals surface area contributed by atoms with Gasteiger partial charge in [0.1, 0.15) is 9.77 Å². The number of sulfonamides is 1. The zero-order valence-corrected chi connectivity index (χ0v) is 13.3. The van der Waals surface area contributed by atoms with Gasteiger partial charge in [-0.25, -0.2) is 17.9 Å². The third-order valence-corrected chi connectivity index (χ3v) is 6.50. The van der Waals surface area contributed by atoms with Crippen LogP contribution in [0.4, 0.5) is 0 Å². The topological polar surface area (TPSA) is 113 Å². The lowest BCUT2D eigenvalue weighted by atomic mass is 10.1. The molecule has 1 fully saturated rings. The molecule has 0 saturated carbocycles. The number of aromatic carboxylic acids is 1. The van der Waals surface area contributed by atoms with Crippen LogP contribution in [0, 0.1) is 0 Å². The number of thiophene rings is 1. The molecular weight excluding hydrogens is 372 g/mol. The van der Waals surface area contributed by atoms with Crippen LogP contribution in [0.1, 0.15) is 22.5 Å². The first kappa shape index (κ1) is 15.4. The van der Waals surface area contributed by atoms with Gasteiger partial charge in [-0.05, 0) is 28.4 Å². The second-order valence-electron chi connectivity index (χ2n) is 4.21. The molecule has 1 aromatic rings. The lowest BCUT2D eigenvalue weighted by Crippen LogP contribution is -2.47. The quantitative estimate of drug-likeness (QED) is 0.711. The predicted molar refractivity (Wildman–Crippen MR) is 75.3 cm³/mol. The molecule has 1 atom stereocenters. The van der Waals surface area contributed by atoms with E-state index in [0.29, 0.717) is 6.42 Å². The number of hydrogen-bond donors (Lipinski definition) is 3. The van der Waals surface area contributed by atoms with Crippen molar-refractivity contribution in [3.05, 3.63) is 14.7 Å². The van der Waals surface area contributed by atoms with Crippen LogP contribution < -0.4 is 10.0 Å². The second kappa shape index (κ2) is 5.80. The molecule has 1 saturated heterocycles. The third kappa shape index (κ3) is 3.37. The first-order valence-electron chi connectivity index (χ1n) is 5.61. The fourth-order valence-electron chi connectivity index (χ4n) is 1.76. The van der Waals surface area contributed by atoms with E-state index < -0.39 is 22.0 Å². The molecule has 0 aromatic carbocycles. The van der Waals surface area contributed by atoms with Crippen LogP contribution in [0.5, 0.6) is 0 Å². The van der Waals surface area contributed by atoms with Crippen molar-refractivity contribution in [2.24, 2.45) is 0 Å². The highest BCUT2D eigenvalue weighted by molar-refractivity contribution is 9.11. The van der Waals surface area contributed by atoms with Crippen molar-refractivity contribution in [3.63, 3.8) is 0 Å². The lowest BCUT2D eigenvalue weighted by Gasteiger charge is -2.23. The summed E-state index contributed by atoms with van der Waals surface area (Å²) in [7, 11) is -3.82. The van der Waals surface area contributed by atoms with Crippen LogP contribution in [0.15, 0.2) is 14.7 Å². The SMILES string of the molecule is O=C1CCC(NS(=O)(=O)c2cc(C(=O)O)sc2Br)CN1. The molecular formula is C10H11BrN2O5S2. The Morgan fingerprint density at radius 1 is 1.55 bits per heavy atom. The fourth-order valence-corrected chi connectivity index (χ4v) is 5.43. The minimum atomic E-state index is -3.82. The molecule has 0 radical (unpaired) electrons. The maximum Gasteiger partial charge on any atom is 0.345 e. The zero-order valence-electron chi connectivity index (χ0n) is 10.1. The highest BCUT2D eigenvalue weighted by Gasteiger charge is 2.27. The summed E-state index contributed by atoms with van der Waals surface area (Å²) in [5, 5.41) is 11.4. The van der Waals surface area contributed by atoms with Gasteiger partial charge >= 0.3 is 5.97 Å². The number of carbonyl (C=O) groups is 2. The van der Waals surface area contributed by atoms with Crippen molar-refractivity contribution >= 4 is 49.2 Å². The molecule has 1 unspecified atom stereocenters. The van der Waals surface area contributed by atoms with Gasteiger partial charge in [0.15, 0.2) is 0 Å². The number of halogens is 1. The van der Waals surface area contributed by atoms with E-state index in [1.54, 1.807) is 0 Å². The largest absolute Gasteiger partial charge is 0.477 e. The van der Waals surface area contributed by atoms with E-state index >= 15 is 0 Å². The summed E-state index contributed by atoms with van der Waals surface area (Å²) in [6.07, 6.45) is 0.678. The Kier molecular flexibility index (Phi) is 4.47. The van der Waals surface area contributed by atoms with E-state index in [2.05, 4.69) is 26.0 Å². The van der Waals surface area contributed by atoms with Gasteiger partial charge in [-0.3, -0.25) is 4.79 Å². The van der Waals surface area contributed by atoms with E-state index in [4.69, 9.17) is 5.11 Å². The predicted octanol–water partition coefficient (Wildman–Crippen LogP) is 0.766. The van der Waals surface area contributed by atoms with E-state index in [9.17, 15) is 18.0 Å². The third-order valence-electron chi connectivity index (χ3n) is 2.74. The molecule has 1 aliphatic rings. The molecule has 1 aliphatic heterocycles. The molecule has 10 heteroatoms. The lowest BCUT2D eigenvalue weighted by molar-refractivity contribution is -0.122. The van der Waals surface area contributed by atoms with Crippen LogP contribution in [-0.2, 0) is 14.8 Å². The van der Waals surface area contributed by atoms with Gasteiger partial charge < -0.3 is 10.4 Å². The van der Waals surface area contributed by atoms with Crippen LogP contribution >= 0.6 is 27.3 Å². The average Bonchev–Trinajstić information content (AvgIpc) is 2.75. The number of hydrogen-bond acceptors (Lipinski definition) is 5. The normalized spacial score (nSPS) is 19.6. The molecule has 110 valence electrons. The molecule has 1 amide bonds. The van der Waals surface area contributed by atoms with E-state index in [0.717, 1.165) is 17.4 Å². The van der Waals surface area contributed by atoms with Gasteiger partial charge in [-0.2, -0.15) is 0 Å². The van der Waals surface area contributed by atoms with Crippen molar-refractivity contribution in [1.29, 1.82) is 0 Å². The van der Waals surface area contributed by atoms with E-state index in [1.165, 1.54) is 0 Å². The number of piperidine rings is 1. The molecule has 1 aromatic heterocycles. The zero-order chi connectivity index (χ0) is 14.9. The number of carbonyl (C=O) groups excluding carboxylic acids is 1. The van der Waals surface area contributed by atoms with Gasteiger partial charge in [-0.1, -0.05) is 0 Å². The first-order chi connectivity index (χ1) is 9.29. The number of carboxylic acid groups (broad SMARTS) is 1. The number of rotatable bonds is 4. The van der Waals surface area contributed by atoms with Crippen molar-refractivity contribution in [3.8, 4) is 0 Å². The van der Waals surface area contributed by atoms with Crippen LogP contribution in [0.2, 0.25) is 0 Å². The standard InChI is InChI=1S/C10H11BrN2O5S2/c11-9-7(3-6(19-9)10(15)16)20(17,18)13-5-1-2-8(14)12-4-5/h3,5,13H,1-2,4H2,(H,12,14)(H,15,16). The Labute approximate surface area is 127 Å². The molecule has 0 spiro atoms. The summed E-state index contributed by atoms with van der Waals surface area (Å²) in [4.78, 5) is 21.7. The Morgan fingerprint density at radius 3 is 2.75 bits per heavy atom. The maximum absolute atomic E-state index is 12.2. The maximum atomic E-state index is 12.2. The van der Waals surface area contributed by atoms with Gasteiger partial charge in [0.2, 0.25) is 15.9 Å². The average molecular weight is 383 g/mol. The molecule has 2 rings (SSSR count). The fraction of sp³-hybridized carbons (Fsp3) is 0.400. The van der Waals surface area contributed by atoms with Crippen LogP contribution in [0.25, 0.3) is 0 Å². The van der Waals surface area contributed by atoms with Crippen molar-refractivity contribution < 1.29 is 23.1 Å². The van der Waals surface area contributed by atoms with Gasteiger partial charge in [-0.15, -0.1) is 11.3 Å². The van der Waals surface area contributed by atoms with Crippen molar-refractivity contribution in [2.45, 2.75) is 23.8 Å². The first-order valence-corrected chi connectivity index (χ1v) is 8.70. The number of amides is 1. The monoisotopic (exact) mass is 382 g/mol. The minimum Gasteiger partial charge on any atom is -0.477 e. The van der Waals surface area contributed by atoms with Gasteiger partial charge in [0.05, 0.1) is 3.79 Å². The molecule has 20 heavy (non-hydrogen) atoms.